The number of benzene rings is 1. The lowest BCUT2D eigenvalue weighted by Crippen LogP contribution is -2.40. The van der Waals surface area contributed by atoms with E-state index in [0.29, 0.717) is 11.0 Å². The molecule has 19 heavy (non-hydrogen) atoms. The van der Waals surface area contributed by atoms with E-state index < -0.39 is 0 Å². The van der Waals surface area contributed by atoms with Crippen molar-refractivity contribution in [1.29, 1.82) is 0 Å². The molecule has 1 atom stereocenters. The number of thiocarbonyl (C=S) groups is 1. The molecule has 1 aromatic rings. The molecule has 1 aromatic carbocycles. The zero-order valence-corrected chi connectivity index (χ0v) is 12.5. The monoisotopic (exact) mass is 278 g/mol. The predicted octanol–water partition coefficient (Wildman–Crippen LogP) is 3.10. The molecule has 1 aliphatic rings. The largest absolute Gasteiger partial charge is 0.497 e. The van der Waals surface area contributed by atoms with Crippen molar-refractivity contribution < 1.29 is 4.74 Å². The second-order valence-electron chi connectivity index (χ2n) is 5.00. The molecule has 1 aliphatic heterocycles. The van der Waals surface area contributed by atoms with Gasteiger partial charge in [0.25, 0.3) is 0 Å². The van der Waals surface area contributed by atoms with Crippen LogP contribution in [0.15, 0.2) is 18.2 Å². The molecule has 3 nitrogen and oxygen atoms in total. The van der Waals surface area contributed by atoms with Crippen molar-refractivity contribution in [2.45, 2.75) is 38.6 Å². The maximum absolute atomic E-state index is 5.86. The average Bonchev–Trinajstić information content (AvgIpc) is 2.46. The summed E-state index contributed by atoms with van der Waals surface area (Å²) in [6.45, 7) is 3.31. The van der Waals surface area contributed by atoms with Crippen molar-refractivity contribution in [3.05, 3.63) is 23.8 Å². The van der Waals surface area contributed by atoms with Crippen LogP contribution in [-0.4, -0.2) is 24.7 Å². The van der Waals surface area contributed by atoms with Gasteiger partial charge >= 0.3 is 0 Å². The quantitative estimate of drug-likeness (QED) is 0.859. The van der Waals surface area contributed by atoms with E-state index in [1.165, 1.54) is 19.3 Å². The van der Waals surface area contributed by atoms with E-state index in [2.05, 4.69) is 17.9 Å². The Bertz CT molecular complexity index is 461. The first kappa shape index (κ1) is 14.1. The average molecular weight is 278 g/mol. The molecule has 0 amide bonds. The zero-order chi connectivity index (χ0) is 13.8. The summed E-state index contributed by atoms with van der Waals surface area (Å²) in [5.74, 6) is 0.857. The summed E-state index contributed by atoms with van der Waals surface area (Å²) in [6, 6.07) is 6.53. The van der Waals surface area contributed by atoms with Crippen LogP contribution in [0, 0.1) is 0 Å². The molecule has 4 heteroatoms. The van der Waals surface area contributed by atoms with E-state index in [0.717, 1.165) is 30.0 Å². The van der Waals surface area contributed by atoms with E-state index in [4.69, 9.17) is 22.7 Å². The van der Waals surface area contributed by atoms with Crippen LogP contribution in [0.5, 0.6) is 5.75 Å². The van der Waals surface area contributed by atoms with E-state index in [-0.39, 0.29) is 0 Å². The van der Waals surface area contributed by atoms with Crippen LogP contribution < -0.4 is 15.4 Å². The van der Waals surface area contributed by atoms with Gasteiger partial charge in [-0.05, 0) is 37.8 Å². The van der Waals surface area contributed by atoms with Gasteiger partial charge in [0.05, 0.1) is 12.8 Å². The maximum Gasteiger partial charge on any atom is 0.120 e. The first-order valence-electron chi connectivity index (χ1n) is 6.91. The summed E-state index contributed by atoms with van der Waals surface area (Å²) in [6.07, 6.45) is 4.92. The summed E-state index contributed by atoms with van der Waals surface area (Å²) < 4.78 is 5.34. The molecule has 1 fully saturated rings. The molecular weight excluding hydrogens is 256 g/mol. The van der Waals surface area contributed by atoms with Gasteiger partial charge in [-0.25, -0.2) is 0 Å². The van der Waals surface area contributed by atoms with Crippen LogP contribution in [0.25, 0.3) is 0 Å². The van der Waals surface area contributed by atoms with Crippen molar-refractivity contribution in [3.63, 3.8) is 0 Å². The number of methoxy groups -OCH3 is 1. The van der Waals surface area contributed by atoms with Crippen LogP contribution in [0.3, 0.4) is 0 Å². The molecule has 1 heterocycles. The summed E-state index contributed by atoms with van der Waals surface area (Å²) in [7, 11) is 1.69. The minimum atomic E-state index is 0.457. The lowest BCUT2D eigenvalue weighted by molar-refractivity contribution is 0.413. The third-order valence-corrected chi connectivity index (χ3v) is 4.10. The molecule has 0 aliphatic carbocycles. The van der Waals surface area contributed by atoms with Crippen LogP contribution in [0.4, 0.5) is 5.69 Å². The fourth-order valence-electron chi connectivity index (χ4n) is 2.83. The van der Waals surface area contributed by atoms with Crippen molar-refractivity contribution in [2.75, 3.05) is 18.6 Å². The number of hydrogen-bond acceptors (Lipinski definition) is 3. The van der Waals surface area contributed by atoms with Gasteiger partial charge in [0.15, 0.2) is 0 Å². The Hall–Kier alpha value is -1.29. The number of ether oxygens (including phenoxy) is 1. The van der Waals surface area contributed by atoms with Crippen LogP contribution >= 0.6 is 12.2 Å². The molecule has 1 unspecified atom stereocenters. The first-order valence-corrected chi connectivity index (χ1v) is 7.32. The van der Waals surface area contributed by atoms with E-state index in [1.807, 2.05) is 12.1 Å². The molecule has 0 aromatic heterocycles. The molecular formula is C15H22N2OS. The van der Waals surface area contributed by atoms with Crippen molar-refractivity contribution in [2.24, 2.45) is 5.73 Å². The van der Waals surface area contributed by atoms with Gasteiger partial charge in [-0.1, -0.05) is 19.1 Å². The van der Waals surface area contributed by atoms with Crippen LogP contribution in [-0.2, 0) is 0 Å². The summed E-state index contributed by atoms with van der Waals surface area (Å²) >= 11 is 5.18. The number of nitrogens with two attached hydrogens (primary N) is 1. The van der Waals surface area contributed by atoms with Gasteiger partial charge in [-0.15, -0.1) is 0 Å². The van der Waals surface area contributed by atoms with Gasteiger partial charge in [-0.3, -0.25) is 0 Å². The molecule has 1 saturated heterocycles. The van der Waals surface area contributed by atoms with Crippen molar-refractivity contribution >= 4 is 22.9 Å². The number of rotatable bonds is 4. The van der Waals surface area contributed by atoms with E-state index in [1.54, 1.807) is 7.11 Å². The number of anilines is 1. The molecule has 0 saturated carbocycles. The number of piperidine rings is 1. The van der Waals surface area contributed by atoms with E-state index in [9.17, 15) is 0 Å². The molecule has 0 bridgehead atoms. The van der Waals surface area contributed by atoms with Crippen LogP contribution in [0.2, 0.25) is 0 Å². The summed E-state index contributed by atoms with van der Waals surface area (Å²) in [5.41, 5.74) is 7.94. The molecule has 2 N–H and O–H groups in total. The maximum atomic E-state index is 5.86. The zero-order valence-electron chi connectivity index (χ0n) is 11.7. The minimum absolute atomic E-state index is 0.457. The first-order chi connectivity index (χ1) is 9.17. The fraction of sp³-hybridized carbons (Fsp3) is 0.533. The van der Waals surface area contributed by atoms with Gasteiger partial charge in [0, 0.05) is 24.2 Å². The highest BCUT2D eigenvalue weighted by Gasteiger charge is 2.24. The second kappa shape index (κ2) is 6.24. The lowest BCUT2D eigenvalue weighted by atomic mass is 9.98. The fourth-order valence-corrected chi connectivity index (χ4v) is 3.00. The summed E-state index contributed by atoms with van der Waals surface area (Å²) in [5, 5.41) is 0. The Balaban J connectivity index is 2.42. The standard InChI is InChI=1S/C15H22N2OS/c1-3-11-6-4-5-9-17(11)14-10-12(18-2)7-8-13(14)15(16)19/h7-8,10-11H,3-6,9H2,1-2H3,(H2,16,19). The Morgan fingerprint density at radius 1 is 1.47 bits per heavy atom. The topological polar surface area (TPSA) is 38.5 Å². The van der Waals surface area contributed by atoms with Gasteiger partial charge < -0.3 is 15.4 Å². The smallest absolute Gasteiger partial charge is 0.120 e. The highest BCUT2D eigenvalue weighted by atomic mass is 32.1. The van der Waals surface area contributed by atoms with Crippen molar-refractivity contribution in [1.82, 2.24) is 0 Å². The highest BCUT2D eigenvalue weighted by Crippen LogP contribution is 2.32. The minimum Gasteiger partial charge on any atom is -0.497 e. The number of hydrogen-bond donors (Lipinski definition) is 1. The van der Waals surface area contributed by atoms with E-state index >= 15 is 0 Å². The number of nitrogens with zero attached hydrogens (tertiary/aromatic N) is 1. The molecule has 104 valence electrons. The molecule has 2 rings (SSSR count). The van der Waals surface area contributed by atoms with Crippen LogP contribution in [0.1, 0.15) is 38.2 Å². The van der Waals surface area contributed by atoms with Crippen molar-refractivity contribution in [3.8, 4) is 5.75 Å². The Morgan fingerprint density at radius 3 is 2.89 bits per heavy atom. The normalized spacial score (nSPS) is 19.3. The van der Waals surface area contributed by atoms with Gasteiger partial charge in [0.2, 0.25) is 0 Å². The third-order valence-electron chi connectivity index (χ3n) is 3.88. The second-order valence-corrected chi connectivity index (χ2v) is 5.44. The Labute approximate surface area is 120 Å². The predicted molar refractivity (Wildman–Crippen MR) is 84.2 cm³/mol. The SMILES string of the molecule is CCC1CCCCN1c1cc(OC)ccc1C(N)=S. The Morgan fingerprint density at radius 2 is 2.26 bits per heavy atom. The van der Waals surface area contributed by atoms with Gasteiger partial charge in [0.1, 0.15) is 10.7 Å². The highest BCUT2D eigenvalue weighted by molar-refractivity contribution is 7.80. The van der Waals surface area contributed by atoms with Gasteiger partial charge in [-0.2, -0.15) is 0 Å². The summed E-state index contributed by atoms with van der Waals surface area (Å²) in [4.78, 5) is 2.90. The Kier molecular flexibility index (Phi) is 4.64. The third kappa shape index (κ3) is 3.00. The molecule has 0 radical (unpaired) electrons. The lowest BCUT2D eigenvalue weighted by Gasteiger charge is -2.38. The molecule has 0 spiro atoms.